The molecule has 15 heteroatoms. The second-order valence-electron chi connectivity index (χ2n) is 8.64. The number of aromatic nitrogens is 7. The van der Waals surface area contributed by atoms with Gasteiger partial charge in [-0.25, -0.2) is 18.4 Å². The van der Waals surface area contributed by atoms with Crippen LogP contribution in [0.5, 0.6) is 11.8 Å². The summed E-state index contributed by atoms with van der Waals surface area (Å²) >= 11 is 5.88. The average molecular weight is 553 g/mol. The summed E-state index contributed by atoms with van der Waals surface area (Å²) in [7, 11) is 0.186. The van der Waals surface area contributed by atoms with Crippen molar-refractivity contribution < 1.29 is 22.6 Å². The van der Waals surface area contributed by atoms with Crippen molar-refractivity contribution in [3.8, 4) is 17.4 Å². The molecule has 0 amide bonds. The predicted molar refractivity (Wildman–Crippen MR) is 135 cm³/mol. The minimum atomic E-state index is -4.10. The van der Waals surface area contributed by atoms with Crippen LogP contribution < -0.4 is 14.2 Å². The van der Waals surface area contributed by atoms with Crippen molar-refractivity contribution in [2.24, 2.45) is 5.92 Å². The normalized spacial score (nSPS) is 15.9. The van der Waals surface area contributed by atoms with Crippen LogP contribution in [0.1, 0.15) is 50.4 Å². The molecule has 3 aromatic rings. The molecule has 1 saturated carbocycles. The van der Waals surface area contributed by atoms with Gasteiger partial charge in [-0.1, -0.05) is 37.3 Å². The standard InChI is InChI=1S/C22H29ClN8O5S/c1-13(18(34-2)19-24-10-15(23)11-25-19)37(32,33)30-22-29-28-16(9-14-7-5-6-8-14)31(22)17-20(35-3)26-12-27-21(17)36-4/h10-14,18H,5-9H2,1-4H3,(H,29,30). The molecule has 0 radical (unpaired) electrons. The van der Waals surface area contributed by atoms with Crippen molar-refractivity contribution >= 4 is 27.6 Å². The van der Waals surface area contributed by atoms with Crippen molar-refractivity contribution in [3.05, 3.63) is 35.4 Å². The Morgan fingerprint density at radius 1 is 1.05 bits per heavy atom. The maximum absolute atomic E-state index is 13.5. The smallest absolute Gasteiger partial charge is 0.245 e. The quantitative estimate of drug-likeness (QED) is 0.373. The Morgan fingerprint density at radius 2 is 1.68 bits per heavy atom. The van der Waals surface area contributed by atoms with Crippen LogP contribution in [0.4, 0.5) is 5.95 Å². The van der Waals surface area contributed by atoms with E-state index in [-0.39, 0.29) is 23.5 Å². The average Bonchev–Trinajstić information content (AvgIpc) is 3.55. The van der Waals surface area contributed by atoms with Crippen molar-refractivity contribution in [2.45, 2.75) is 50.4 Å². The Labute approximate surface area is 220 Å². The SMILES string of the molecule is COc1ncnc(OC)c1-n1c(CC2CCCC2)nnc1NS(=O)(=O)C(C)C(OC)c1ncc(Cl)cn1. The number of hydrogen-bond acceptors (Lipinski definition) is 11. The first-order chi connectivity index (χ1) is 17.8. The zero-order valence-electron chi connectivity index (χ0n) is 21.0. The molecule has 1 aliphatic rings. The zero-order valence-corrected chi connectivity index (χ0v) is 22.5. The van der Waals surface area contributed by atoms with Gasteiger partial charge in [-0.3, -0.25) is 9.29 Å². The summed E-state index contributed by atoms with van der Waals surface area (Å²) in [5.74, 6) is 1.40. The molecular weight excluding hydrogens is 524 g/mol. The maximum atomic E-state index is 13.5. The summed E-state index contributed by atoms with van der Waals surface area (Å²) in [5, 5.41) is 7.73. The molecule has 0 bridgehead atoms. The van der Waals surface area contributed by atoms with Crippen LogP contribution in [0.2, 0.25) is 5.02 Å². The van der Waals surface area contributed by atoms with E-state index in [4.69, 9.17) is 25.8 Å². The second-order valence-corrected chi connectivity index (χ2v) is 11.1. The minimum Gasteiger partial charge on any atom is -0.479 e. The second kappa shape index (κ2) is 11.5. The van der Waals surface area contributed by atoms with Crippen molar-refractivity contribution in [1.82, 2.24) is 34.7 Å². The molecule has 1 aliphatic carbocycles. The largest absolute Gasteiger partial charge is 0.479 e. The van der Waals surface area contributed by atoms with Crippen LogP contribution in [0, 0.1) is 5.92 Å². The van der Waals surface area contributed by atoms with Gasteiger partial charge in [0, 0.05) is 25.9 Å². The van der Waals surface area contributed by atoms with Gasteiger partial charge >= 0.3 is 0 Å². The highest BCUT2D eigenvalue weighted by Gasteiger charge is 2.35. The Kier molecular flexibility index (Phi) is 8.39. The first-order valence-electron chi connectivity index (χ1n) is 11.7. The number of methoxy groups -OCH3 is 3. The van der Waals surface area contributed by atoms with E-state index in [1.54, 1.807) is 4.57 Å². The van der Waals surface area contributed by atoms with Crippen LogP contribution in [0.15, 0.2) is 18.7 Å². The Bertz CT molecular complexity index is 1290. The lowest BCUT2D eigenvalue weighted by Gasteiger charge is -2.22. The lowest BCUT2D eigenvalue weighted by Crippen LogP contribution is -2.33. The summed E-state index contributed by atoms with van der Waals surface area (Å²) in [6, 6.07) is 0. The molecule has 2 atom stereocenters. The summed E-state index contributed by atoms with van der Waals surface area (Å²) in [5.41, 5.74) is 0.292. The van der Waals surface area contributed by atoms with Crippen LogP contribution in [-0.2, 0) is 21.2 Å². The number of halogens is 1. The lowest BCUT2D eigenvalue weighted by atomic mass is 10.0. The third kappa shape index (κ3) is 5.75. The van der Waals surface area contributed by atoms with Crippen molar-refractivity contribution in [2.75, 3.05) is 26.1 Å². The Hall–Kier alpha value is -3.10. The number of rotatable bonds is 11. The van der Waals surface area contributed by atoms with Crippen molar-refractivity contribution in [3.63, 3.8) is 0 Å². The van der Waals surface area contributed by atoms with E-state index >= 15 is 0 Å². The van der Waals surface area contributed by atoms with E-state index in [9.17, 15) is 8.42 Å². The van der Waals surface area contributed by atoms with Gasteiger partial charge in [0.2, 0.25) is 27.7 Å². The number of anilines is 1. The fourth-order valence-electron chi connectivity index (χ4n) is 4.42. The van der Waals surface area contributed by atoms with E-state index in [2.05, 4.69) is 34.9 Å². The first kappa shape index (κ1) is 26.9. The number of nitrogens with one attached hydrogen (secondary N) is 1. The molecule has 2 unspecified atom stereocenters. The van der Waals surface area contributed by atoms with Gasteiger partial charge in [0.1, 0.15) is 23.5 Å². The number of ether oxygens (including phenoxy) is 3. The Balaban J connectivity index is 1.75. The molecule has 4 rings (SSSR count). The van der Waals surface area contributed by atoms with Gasteiger partial charge in [0.05, 0.1) is 19.2 Å². The van der Waals surface area contributed by atoms with Gasteiger partial charge in [-0.05, 0) is 12.8 Å². The highest BCUT2D eigenvalue weighted by atomic mass is 35.5. The van der Waals surface area contributed by atoms with Crippen LogP contribution >= 0.6 is 11.6 Å². The van der Waals surface area contributed by atoms with Crippen LogP contribution in [-0.4, -0.2) is 69.7 Å². The Morgan fingerprint density at radius 3 is 2.24 bits per heavy atom. The first-order valence-corrected chi connectivity index (χ1v) is 13.6. The van der Waals surface area contributed by atoms with Crippen LogP contribution in [0.25, 0.3) is 5.69 Å². The van der Waals surface area contributed by atoms with Crippen LogP contribution in [0.3, 0.4) is 0 Å². The molecule has 0 spiro atoms. The van der Waals surface area contributed by atoms with E-state index in [1.807, 2.05) is 0 Å². The molecule has 1 fully saturated rings. The number of hydrogen-bond donors (Lipinski definition) is 1. The van der Waals surface area contributed by atoms with E-state index < -0.39 is 21.4 Å². The molecular formula is C22H29ClN8O5S. The molecule has 13 nitrogen and oxygen atoms in total. The highest BCUT2D eigenvalue weighted by Crippen LogP contribution is 2.35. The molecule has 3 heterocycles. The van der Waals surface area contributed by atoms with E-state index in [0.29, 0.717) is 28.9 Å². The molecule has 0 aromatic carbocycles. The maximum Gasteiger partial charge on any atom is 0.245 e. The van der Waals surface area contributed by atoms with Gasteiger partial charge < -0.3 is 14.2 Å². The molecule has 0 aliphatic heterocycles. The summed E-state index contributed by atoms with van der Waals surface area (Å²) in [6.07, 6.45) is 8.05. The highest BCUT2D eigenvalue weighted by molar-refractivity contribution is 7.93. The molecule has 200 valence electrons. The van der Waals surface area contributed by atoms with E-state index in [0.717, 1.165) is 25.7 Å². The summed E-state index contributed by atoms with van der Waals surface area (Å²) in [6.45, 7) is 1.49. The molecule has 3 aromatic heterocycles. The molecule has 0 saturated heterocycles. The fourth-order valence-corrected chi connectivity index (χ4v) is 5.65. The van der Waals surface area contributed by atoms with Gasteiger partial charge in [0.25, 0.3) is 0 Å². The van der Waals surface area contributed by atoms with Crippen molar-refractivity contribution in [1.29, 1.82) is 0 Å². The minimum absolute atomic E-state index is 0.0573. The fraction of sp³-hybridized carbons (Fsp3) is 0.545. The number of sulfonamides is 1. The lowest BCUT2D eigenvalue weighted by molar-refractivity contribution is 0.0950. The summed E-state index contributed by atoms with van der Waals surface area (Å²) < 4.78 is 47.6. The topological polar surface area (TPSA) is 156 Å². The van der Waals surface area contributed by atoms with Gasteiger partial charge in [-0.2, -0.15) is 9.97 Å². The zero-order chi connectivity index (χ0) is 26.6. The number of nitrogens with zero attached hydrogens (tertiary/aromatic N) is 7. The predicted octanol–water partition coefficient (Wildman–Crippen LogP) is 2.77. The third-order valence-electron chi connectivity index (χ3n) is 6.34. The molecule has 37 heavy (non-hydrogen) atoms. The monoisotopic (exact) mass is 552 g/mol. The molecule has 1 N–H and O–H groups in total. The van der Waals surface area contributed by atoms with Gasteiger partial charge in [0.15, 0.2) is 11.5 Å². The third-order valence-corrected chi connectivity index (χ3v) is 8.23. The van der Waals surface area contributed by atoms with Gasteiger partial charge in [-0.15, -0.1) is 10.2 Å². The van der Waals surface area contributed by atoms with E-state index in [1.165, 1.54) is 47.0 Å². The summed E-state index contributed by atoms with van der Waals surface area (Å²) in [4.78, 5) is 16.6.